The monoisotopic (exact) mass is 252 g/mol. The Hall–Kier alpha value is -1.41. The summed E-state index contributed by atoms with van der Waals surface area (Å²) in [6.45, 7) is 1.81. The Kier molecular flexibility index (Phi) is 3.43. The van der Waals surface area contributed by atoms with Crippen LogP contribution in [0.15, 0.2) is 42.5 Å². The number of halogens is 3. The second kappa shape index (κ2) is 4.84. The first-order valence-electron chi connectivity index (χ1n) is 5.23. The van der Waals surface area contributed by atoms with Gasteiger partial charge in [0.25, 0.3) is 0 Å². The lowest BCUT2D eigenvalue weighted by atomic mass is 10.0. The molecule has 2 aromatic rings. The highest BCUT2D eigenvalue weighted by Crippen LogP contribution is 2.30. The minimum atomic E-state index is -0.601. The van der Waals surface area contributed by atoms with Crippen LogP contribution in [0.2, 0.25) is 0 Å². The minimum absolute atomic E-state index is 0.331. The molecule has 0 saturated carbocycles. The molecule has 88 valence electrons. The van der Waals surface area contributed by atoms with E-state index in [9.17, 15) is 8.78 Å². The fourth-order valence-electron chi connectivity index (χ4n) is 1.65. The van der Waals surface area contributed by atoms with E-state index in [1.807, 2.05) is 6.92 Å². The van der Waals surface area contributed by atoms with Crippen LogP contribution in [0.25, 0.3) is 0 Å². The van der Waals surface area contributed by atoms with Gasteiger partial charge in [0.1, 0.15) is 11.6 Å². The van der Waals surface area contributed by atoms with Crippen LogP contribution in [0.1, 0.15) is 22.1 Å². The summed E-state index contributed by atoms with van der Waals surface area (Å²) in [4.78, 5) is 0. The molecule has 0 bridgehead atoms. The maximum Gasteiger partial charge on any atom is 0.128 e. The summed E-state index contributed by atoms with van der Waals surface area (Å²) in [5.74, 6) is -0.670. The Morgan fingerprint density at radius 1 is 1.00 bits per heavy atom. The van der Waals surface area contributed by atoms with Crippen molar-refractivity contribution in [3.8, 4) is 0 Å². The zero-order valence-corrected chi connectivity index (χ0v) is 10.0. The van der Waals surface area contributed by atoms with Crippen molar-refractivity contribution in [3.05, 3.63) is 70.8 Å². The van der Waals surface area contributed by atoms with Crippen molar-refractivity contribution < 1.29 is 8.78 Å². The minimum Gasteiger partial charge on any atom is -0.207 e. The average Bonchev–Trinajstić information content (AvgIpc) is 2.29. The molecular formula is C14H11ClF2. The molecule has 0 fully saturated rings. The zero-order valence-electron chi connectivity index (χ0n) is 9.25. The molecule has 1 unspecified atom stereocenters. The number of alkyl halides is 1. The Bertz CT molecular complexity index is 520. The van der Waals surface area contributed by atoms with Crippen molar-refractivity contribution in [1.29, 1.82) is 0 Å². The summed E-state index contributed by atoms with van der Waals surface area (Å²) in [6, 6.07) is 10.7. The largest absolute Gasteiger partial charge is 0.207 e. The first-order chi connectivity index (χ1) is 8.08. The summed E-state index contributed by atoms with van der Waals surface area (Å²) in [7, 11) is 0. The van der Waals surface area contributed by atoms with E-state index in [1.54, 1.807) is 24.3 Å². The smallest absolute Gasteiger partial charge is 0.128 e. The van der Waals surface area contributed by atoms with Crippen molar-refractivity contribution in [2.45, 2.75) is 12.3 Å². The van der Waals surface area contributed by atoms with Gasteiger partial charge in [-0.05, 0) is 36.2 Å². The van der Waals surface area contributed by atoms with Gasteiger partial charge in [0.15, 0.2) is 0 Å². The second-order valence-corrected chi connectivity index (χ2v) is 4.38. The van der Waals surface area contributed by atoms with Crippen molar-refractivity contribution in [2.24, 2.45) is 0 Å². The van der Waals surface area contributed by atoms with E-state index in [2.05, 4.69) is 0 Å². The molecule has 0 saturated heterocycles. The van der Waals surface area contributed by atoms with Crippen molar-refractivity contribution in [3.63, 3.8) is 0 Å². The van der Waals surface area contributed by atoms with E-state index in [0.717, 1.165) is 5.56 Å². The van der Waals surface area contributed by atoms with Crippen LogP contribution in [0.5, 0.6) is 0 Å². The third-order valence-electron chi connectivity index (χ3n) is 2.59. The van der Waals surface area contributed by atoms with Gasteiger partial charge in [0.05, 0.1) is 5.38 Å². The lowest BCUT2D eigenvalue weighted by Crippen LogP contribution is -1.97. The van der Waals surface area contributed by atoms with Gasteiger partial charge in [-0.15, -0.1) is 11.6 Å². The normalized spacial score (nSPS) is 12.5. The van der Waals surface area contributed by atoms with Crippen LogP contribution < -0.4 is 0 Å². The Morgan fingerprint density at radius 3 is 2.24 bits per heavy atom. The third-order valence-corrected chi connectivity index (χ3v) is 3.08. The predicted octanol–water partition coefficient (Wildman–Crippen LogP) is 4.60. The van der Waals surface area contributed by atoms with Crippen molar-refractivity contribution in [1.82, 2.24) is 0 Å². The van der Waals surface area contributed by atoms with Crippen LogP contribution >= 0.6 is 11.6 Å². The molecular weight excluding hydrogens is 242 g/mol. The highest BCUT2D eigenvalue weighted by atomic mass is 35.5. The molecule has 0 N–H and O–H groups in total. The quantitative estimate of drug-likeness (QED) is 0.685. The first-order valence-corrected chi connectivity index (χ1v) is 5.67. The van der Waals surface area contributed by atoms with Crippen molar-refractivity contribution in [2.75, 3.05) is 0 Å². The highest BCUT2D eigenvalue weighted by Gasteiger charge is 2.15. The summed E-state index contributed by atoms with van der Waals surface area (Å²) in [5, 5.41) is -0.601. The van der Waals surface area contributed by atoms with Gasteiger partial charge in [-0.2, -0.15) is 0 Å². The van der Waals surface area contributed by atoms with Crippen LogP contribution in [-0.4, -0.2) is 0 Å². The zero-order chi connectivity index (χ0) is 12.4. The molecule has 0 heterocycles. The molecule has 0 aromatic heterocycles. The van der Waals surface area contributed by atoms with Gasteiger partial charge in [-0.1, -0.05) is 24.3 Å². The first kappa shape index (κ1) is 12.1. The Morgan fingerprint density at radius 2 is 1.65 bits per heavy atom. The van der Waals surface area contributed by atoms with Crippen LogP contribution in [0.3, 0.4) is 0 Å². The Labute approximate surface area is 104 Å². The third kappa shape index (κ3) is 2.64. The summed E-state index contributed by atoms with van der Waals surface area (Å²) >= 11 is 6.18. The van der Waals surface area contributed by atoms with Crippen molar-refractivity contribution >= 4 is 11.6 Å². The highest BCUT2D eigenvalue weighted by molar-refractivity contribution is 6.22. The summed E-state index contributed by atoms with van der Waals surface area (Å²) < 4.78 is 26.5. The molecule has 0 aliphatic heterocycles. The predicted molar refractivity (Wildman–Crippen MR) is 65.2 cm³/mol. The van der Waals surface area contributed by atoms with Gasteiger partial charge in [0, 0.05) is 5.56 Å². The molecule has 1 atom stereocenters. The maximum atomic E-state index is 13.7. The maximum absolute atomic E-state index is 13.7. The van der Waals surface area contributed by atoms with E-state index in [-0.39, 0.29) is 11.6 Å². The molecule has 0 amide bonds. The fraction of sp³-hybridized carbons (Fsp3) is 0.143. The van der Waals surface area contributed by atoms with Crippen LogP contribution in [-0.2, 0) is 0 Å². The van der Waals surface area contributed by atoms with Gasteiger partial charge in [0.2, 0.25) is 0 Å². The summed E-state index contributed by atoms with van der Waals surface area (Å²) in [6.07, 6.45) is 0. The average molecular weight is 253 g/mol. The van der Waals surface area contributed by atoms with Gasteiger partial charge >= 0.3 is 0 Å². The second-order valence-electron chi connectivity index (χ2n) is 3.94. The lowest BCUT2D eigenvalue weighted by Gasteiger charge is -2.11. The lowest BCUT2D eigenvalue weighted by molar-refractivity contribution is 0.610. The number of benzene rings is 2. The molecule has 0 nitrogen and oxygen atoms in total. The number of rotatable bonds is 2. The van der Waals surface area contributed by atoms with Crippen LogP contribution in [0, 0.1) is 18.6 Å². The number of hydrogen-bond acceptors (Lipinski definition) is 0. The molecule has 2 rings (SSSR count). The van der Waals surface area contributed by atoms with Gasteiger partial charge in [-0.25, -0.2) is 8.78 Å². The molecule has 0 aliphatic carbocycles. The molecule has 0 radical (unpaired) electrons. The van der Waals surface area contributed by atoms with E-state index >= 15 is 0 Å². The molecule has 0 aliphatic rings. The van der Waals surface area contributed by atoms with Crippen LogP contribution in [0.4, 0.5) is 8.78 Å². The van der Waals surface area contributed by atoms with Gasteiger partial charge < -0.3 is 0 Å². The number of hydrogen-bond donors (Lipinski definition) is 0. The SMILES string of the molecule is Cc1ccc(C(Cl)c2ccc(F)cc2)c(F)c1. The standard InChI is InChI=1S/C14H11ClF2/c1-9-2-7-12(13(17)8-9)14(15)10-3-5-11(16)6-4-10/h2-8,14H,1H3. The molecule has 17 heavy (non-hydrogen) atoms. The molecule has 2 aromatic carbocycles. The molecule has 0 spiro atoms. The van der Waals surface area contributed by atoms with E-state index in [0.29, 0.717) is 11.1 Å². The van der Waals surface area contributed by atoms with E-state index < -0.39 is 5.38 Å². The fourth-order valence-corrected chi connectivity index (χ4v) is 1.97. The van der Waals surface area contributed by atoms with Gasteiger partial charge in [-0.3, -0.25) is 0 Å². The Balaban J connectivity index is 2.36. The number of aryl methyl sites for hydroxylation is 1. The summed E-state index contributed by atoms with van der Waals surface area (Å²) in [5.41, 5.74) is 1.92. The van der Waals surface area contributed by atoms with E-state index in [4.69, 9.17) is 11.6 Å². The van der Waals surface area contributed by atoms with E-state index in [1.165, 1.54) is 18.2 Å². The topological polar surface area (TPSA) is 0 Å². The molecule has 3 heteroatoms.